The van der Waals surface area contributed by atoms with Crippen LogP contribution in [0, 0.1) is 0 Å². The van der Waals surface area contributed by atoms with Crippen molar-refractivity contribution in [3.8, 4) is 5.75 Å². The topological polar surface area (TPSA) is 38.5 Å². The summed E-state index contributed by atoms with van der Waals surface area (Å²) in [6, 6.07) is 8.19. The van der Waals surface area contributed by atoms with E-state index in [1.54, 1.807) is 0 Å². The molecule has 0 spiro atoms. The van der Waals surface area contributed by atoms with Crippen LogP contribution in [0.25, 0.3) is 0 Å². The number of fused-ring (bicyclic) bond motifs is 1. The average Bonchev–Trinajstić information content (AvgIpc) is 2.61. The molecule has 0 radical (unpaired) electrons. The third kappa shape index (κ3) is 2.51. The first-order chi connectivity index (χ1) is 7.66. The summed E-state index contributed by atoms with van der Waals surface area (Å²) >= 11 is 4.90. The molecule has 1 aliphatic heterocycles. The van der Waals surface area contributed by atoms with E-state index in [4.69, 9.17) is 22.7 Å². The van der Waals surface area contributed by atoms with E-state index >= 15 is 0 Å². The van der Waals surface area contributed by atoms with E-state index in [1.165, 1.54) is 5.56 Å². The second-order valence-corrected chi connectivity index (χ2v) is 4.73. The fraction of sp³-hybridized carbons (Fsp3) is 0.417. The predicted molar refractivity (Wildman–Crippen MR) is 69.0 cm³/mol. The molecule has 0 fully saturated rings. The van der Waals surface area contributed by atoms with Crippen molar-refractivity contribution >= 4 is 17.2 Å². The number of likely N-dealkylation sites (N-methyl/N-ethyl adjacent to an activating group) is 1. The summed E-state index contributed by atoms with van der Waals surface area (Å²) in [5.74, 6) is 1.44. The Bertz CT molecular complexity index is 394. The maximum atomic E-state index is 5.63. The van der Waals surface area contributed by atoms with Crippen LogP contribution >= 0.6 is 12.2 Å². The molecule has 0 amide bonds. The van der Waals surface area contributed by atoms with E-state index in [1.807, 2.05) is 25.2 Å². The average molecular weight is 236 g/mol. The van der Waals surface area contributed by atoms with Crippen molar-refractivity contribution in [1.82, 2.24) is 4.90 Å². The molecular weight excluding hydrogens is 220 g/mol. The highest BCUT2D eigenvalue weighted by atomic mass is 32.1. The molecule has 0 aliphatic carbocycles. The standard InChI is InChI=1S/C12H16N2OS/c1-14(7-12(13)16)6-9-8-15-11-5-3-2-4-10(9)11/h2-5,9H,6-8H2,1H3,(H2,13,16). The molecule has 16 heavy (non-hydrogen) atoms. The Morgan fingerprint density at radius 2 is 2.31 bits per heavy atom. The molecule has 0 saturated heterocycles. The minimum absolute atomic E-state index is 0.426. The lowest BCUT2D eigenvalue weighted by atomic mass is 10.0. The van der Waals surface area contributed by atoms with Gasteiger partial charge in [-0.05, 0) is 13.1 Å². The molecule has 1 heterocycles. The number of benzene rings is 1. The number of hydrogen-bond acceptors (Lipinski definition) is 3. The van der Waals surface area contributed by atoms with E-state index in [2.05, 4.69) is 11.0 Å². The van der Waals surface area contributed by atoms with Gasteiger partial charge >= 0.3 is 0 Å². The summed E-state index contributed by atoms with van der Waals surface area (Å²) in [5.41, 5.74) is 6.81. The van der Waals surface area contributed by atoms with Crippen molar-refractivity contribution in [2.45, 2.75) is 5.92 Å². The normalized spacial score (nSPS) is 18.2. The SMILES string of the molecule is CN(CC(N)=S)CC1COc2ccccc21. The highest BCUT2D eigenvalue weighted by molar-refractivity contribution is 7.80. The second kappa shape index (κ2) is 4.80. The zero-order valence-corrected chi connectivity index (χ0v) is 10.2. The zero-order valence-electron chi connectivity index (χ0n) is 9.35. The summed E-state index contributed by atoms with van der Waals surface area (Å²) in [6.07, 6.45) is 0. The van der Waals surface area contributed by atoms with E-state index in [-0.39, 0.29) is 0 Å². The van der Waals surface area contributed by atoms with Gasteiger partial charge in [0, 0.05) is 24.6 Å². The van der Waals surface area contributed by atoms with Crippen LogP contribution in [-0.4, -0.2) is 36.6 Å². The minimum atomic E-state index is 0.426. The van der Waals surface area contributed by atoms with Gasteiger partial charge in [-0.3, -0.25) is 4.90 Å². The number of thiocarbonyl (C=S) groups is 1. The van der Waals surface area contributed by atoms with E-state index < -0.39 is 0 Å². The van der Waals surface area contributed by atoms with Crippen molar-refractivity contribution in [3.63, 3.8) is 0 Å². The van der Waals surface area contributed by atoms with Crippen molar-refractivity contribution in [1.29, 1.82) is 0 Å². The molecule has 1 unspecified atom stereocenters. The van der Waals surface area contributed by atoms with Gasteiger partial charge in [0.05, 0.1) is 11.6 Å². The first kappa shape index (κ1) is 11.4. The zero-order chi connectivity index (χ0) is 11.5. The van der Waals surface area contributed by atoms with Gasteiger partial charge < -0.3 is 10.5 Å². The van der Waals surface area contributed by atoms with Gasteiger partial charge in [-0.2, -0.15) is 0 Å². The van der Waals surface area contributed by atoms with Crippen LogP contribution in [0.2, 0.25) is 0 Å². The molecule has 1 aromatic carbocycles. The Balaban J connectivity index is 2.00. The number of rotatable bonds is 4. The molecule has 0 bridgehead atoms. The molecule has 2 N–H and O–H groups in total. The van der Waals surface area contributed by atoms with Crippen LogP contribution in [-0.2, 0) is 0 Å². The Morgan fingerprint density at radius 1 is 1.56 bits per heavy atom. The number of nitrogens with zero attached hydrogens (tertiary/aromatic N) is 1. The van der Waals surface area contributed by atoms with Crippen LogP contribution in [0.3, 0.4) is 0 Å². The van der Waals surface area contributed by atoms with Gasteiger partial charge in [0.15, 0.2) is 0 Å². The van der Waals surface area contributed by atoms with Gasteiger partial charge in [0.2, 0.25) is 0 Å². The molecule has 2 rings (SSSR count). The molecule has 1 aliphatic rings. The fourth-order valence-corrected chi connectivity index (χ4v) is 2.31. The van der Waals surface area contributed by atoms with E-state index in [0.717, 1.165) is 18.9 Å². The first-order valence-corrected chi connectivity index (χ1v) is 5.76. The lowest BCUT2D eigenvalue weighted by Gasteiger charge is -2.19. The lowest BCUT2D eigenvalue weighted by molar-refractivity contribution is 0.284. The van der Waals surface area contributed by atoms with Crippen LogP contribution in [0.1, 0.15) is 11.5 Å². The molecule has 1 aromatic rings. The maximum absolute atomic E-state index is 5.63. The lowest BCUT2D eigenvalue weighted by Crippen LogP contribution is -2.33. The Kier molecular flexibility index (Phi) is 3.41. The third-order valence-electron chi connectivity index (χ3n) is 2.76. The predicted octanol–water partition coefficient (Wildman–Crippen LogP) is 1.38. The molecule has 0 saturated carbocycles. The number of ether oxygens (including phenoxy) is 1. The van der Waals surface area contributed by atoms with Crippen LogP contribution in [0.15, 0.2) is 24.3 Å². The van der Waals surface area contributed by atoms with Crippen LogP contribution in [0.5, 0.6) is 5.75 Å². The Morgan fingerprint density at radius 3 is 3.06 bits per heavy atom. The molecule has 3 nitrogen and oxygen atoms in total. The minimum Gasteiger partial charge on any atom is -0.493 e. The van der Waals surface area contributed by atoms with Gasteiger partial charge in [-0.25, -0.2) is 0 Å². The summed E-state index contributed by atoms with van der Waals surface area (Å²) in [6.45, 7) is 2.34. The number of hydrogen-bond donors (Lipinski definition) is 1. The van der Waals surface area contributed by atoms with E-state index in [0.29, 0.717) is 17.5 Å². The summed E-state index contributed by atoms with van der Waals surface area (Å²) in [4.78, 5) is 2.67. The van der Waals surface area contributed by atoms with Gasteiger partial charge in [-0.15, -0.1) is 0 Å². The number of para-hydroxylation sites is 1. The summed E-state index contributed by atoms with van der Waals surface area (Å²) in [7, 11) is 2.03. The molecular formula is C12H16N2OS. The second-order valence-electron chi connectivity index (χ2n) is 4.21. The van der Waals surface area contributed by atoms with Crippen LogP contribution < -0.4 is 10.5 Å². The first-order valence-electron chi connectivity index (χ1n) is 5.35. The molecule has 86 valence electrons. The highest BCUT2D eigenvalue weighted by Gasteiger charge is 2.24. The van der Waals surface area contributed by atoms with Gasteiger partial charge in [0.1, 0.15) is 5.75 Å². The van der Waals surface area contributed by atoms with Crippen molar-refractivity contribution in [2.24, 2.45) is 5.73 Å². The smallest absolute Gasteiger partial charge is 0.122 e. The van der Waals surface area contributed by atoms with Crippen molar-refractivity contribution < 1.29 is 4.74 Å². The van der Waals surface area contributed by atoms with Crippen LogP contribution in [0.4, 0.5) is 0 Å². The molecule has 4 heteroatoms. The quantitative estimate of drug-likeness (QED) is 0.802. The Labute approximate surface area is 101 Å². The van der Waals surface area contributed by atoms with Crippen molar-refractivity contribution in [2.75, 3.05) is 26.7 Å². The third-order valence-corrected chi connectivity index (χ3v) is 2.89. The highest BCUT2D eigenvalue weighted by Crippen LogP contribution is 2.33. The summed E-state index contributed by atoms with van der Waals surface area (Å²) < 4.78 is 5.63. The fourth-order valence-electron chi connectivity index (χ4n) is 2.09. The van der Waals surface area contributed by atoms with Gasteiger partial charge in [-0.1, -0.05) is 30.4 Å². The van der Waals surface area contributed by atoms with E-state index in [9.17, 15) is 0 Å². The molecule has 0 aromatic heterocycles. The van der Waals surface area contributed by atoms with Crippen molar-refractivity contribution in [3.05, 3.63) is 29.8 Å². The number of nitrogens with two attached hydrogens (primary N) is 1. The maximum Gasteiger partial charge on any atom is 0.122 e. The monoisotopic (exact) mass is 236 g/mol. The largest absolute Gasteiger partial charge is 0.493 e. The Hall–Kier alpha value is -1.13. The molecule has 1 atom stereocenters. The summed E-state index contributed by atoms with van der Waals surface area (Å²) in [5, 5.41) is 0. The van der Waals surface area contributed by atoms with Gasteiger partial charge in [0.25, 0.3) is 0 Å².